The zero-order valence-corrected chi connectivity index (χ0v) is 11.3. The van der Waals surface area contributed by atoms with Crippen LogP contribution in [0.4, 0.5) is 0 Å². The van der Waals surface area contributed by atoms with E-state index in [9.17, 15) is 21.6 Å². The van der Waals surface area contributed by atoms with Gasteiger partial charge in [-0.3, -0.25) is 19.7 Å². The van der Waals surface area contributed by atoms with Gasteiger partial charge >= 0.3 is 0 Å². The summed E-state index contributed by atoms with van der Waals surface area (Å²) in [4.78, 5) is 8.07. The van der Waals surface area contributed by atoms with Crippen LogP contribution in [0.1, 0.15) is 11.8 Å². The molecule has 20 heavy (non-hydrogen) atoms. The molecule has 0 radical (unpaired) electrons. The zero-order chi connectivity index (χ0) is 15.6. The van der Waals surface area contributed by atoms with Crippen LogP contribution in [-0.2, 0) is 29.8 Å². The van der Waals surface area contributed by atoms with Gasteiger partial charge in [0.05, 0.1) is 0 Å². The van der Waals surface area contributed by atoms with Gasteiger partial charge in [-0.2, -0.15) is 16.8 Å². The summed E-state index contributed by atoms with van der Waals surface area (Å²) in [6.45, 7) is -0.0710. The average Bonchev–Trinajstić information content (AvgIpc) is 2.33. The van der Waals surface area contributed by atoms with Crippen LogP contribution in [0.2, 0.25) is 0 Å². The van der Waals surface area contributed by atoms with Crippen LogP contribution >= 0.6 is 0 Å². The maximum atomic E-state index is 11.3. The number of nitrogens with one attached hydrogen (secondary N) is 1. The lowest BCUT2D eigenvalue weighted by molar-refractivity contribution is -0.135. The molecule has 0 aliphatic heterocycles. The quantitative estimate of drug-likeness (QED) is 0.164. The topological polar surface area (TPSA) is 173 Å². The molecule has 1 aromatic carbocycles. The number of ether oxygens (including phenoxy) is 1. The number of hydrogen-bond acceptors (Lipinski definition) is 8. The Morgan fingerprint density at radius 3 is 2.20 bits per heavy atom. The molecule has 0 bridgehead atoms. The summed E-state index contributed by atoms with van der Waals surface area (Å²) in [5.41, 5.74) is 1.43. The number of carbonyl (C=O) groups excluding carboxylic acids is 1. The lowest BCUT2D eigenvalue weighted by atomic mass is 10.2. The van der Waals surface area contributed by atoms with E-state index in [2.05, 4.69) is 4.74 Å². The second-order valence-electron chi connectivity index (χ2n) is 3.40. The molecule has 0 aromatic heterocycles. The van der Waals surface area contributed by atoms with Crippen LogP contribution in [0.15, 0.2) is 28.0 Å². The van der Waals surface area contributed by atoms with Crippen molar-refractivity contribution in [3.05, 3.63) is 23.8 Å². The zero-order valence-electron chi connectivity index (χ0n) is 9.62. The lowest BCUT2D eigenvalue weighted by Gasteiger charge is -2.17. The molecular weight excluding hydrogens is 316 g/mol. The van der Waals surface area contributed by atoms with E-state index in [0.29, 0.717) is 0 Å². The molecule has 0 saturated carbocycles. The van der Waals surface area contributed by atoms with Crippen molar-refractivity contribution in [2.24, 2.45) is 5.84 Å². The Hall–Kier alpha value is -1.57. The third-order valence-corrected chi connectivity index (χ3v) is 4.17. The van der Waals surface area contributed by atoms with Crippen molar-refractivity contribution in [3.63, 3.8) is 0 Å². The van der Waals surface area contributed by atoms with Crippen LogP contribution < -0.4 is 11.3 Å². The SMILES string of the molecule is NNC(OC=O)c1cccc(S(=O)(=O)O)c1S(=O)(=O)O. The summed E-state index contributed by atoms with van der Waals surface area (Å²) in [7, 11) is -10.00. The molecule has 0 amide bonds. The van der Waals surface area contributed by atoms with E-state index in [1.54, 1.807) is 0 Å². The minimum atomic E-state index is -5.05. The van der Waals surface area contributed by atoms with Crippen molar-refractivity contribution in [2.75, 3.05) is 0 Å². The number of hydrogen-bond donors (Lipinski definition) is 4. The molecular formula is C8H10N2O8S2. The highest BCUT2D eigenvalue weighted by atomic mass is 32.2. The summed E-state index contributed by atoms with van der Waals surface area (Å²) in [6.07, 6.45) is -1.55. The lowest BCUT2D eigenvalue weighted by Crippen LogP contribution is -2.31. The van der Waals surface area contributed by atoms with Crippen LogP contribution in [0, 0.1) is 0 Å². The van der Waals surface area contributed by atoms with Crippen LogP contribution in [0.3, 0.4) is 0 Å². The van der Waals surface area contributed by atoms with Crippen molar-refractivity contribution in [3.8, 4) is 0 Å². The van der Waals surface area contributed by atoms with E-state index in [1.807, 2.05) is 5.43 Å². The van der Waals surface area contributed by atoms with E-state index in [0.717, 1.165) is 18.2 Å². The summed E-state index contributed by atoms with van der Waals surface area (Å²) >= 11 is 0. The van der Waals surface area contributed by atoms with Gasteiger partial charge in [-0.25, -0.2) is 5.43 Å². The van der Waals surface area contributed by atoms with E-state index in [4.69, 9.17) is 14.9 Å². The van der Waals surface area contributed by atoms with Gasteiger partial charge in [-0.1, -0.05) is 12.1 Å². The Balaban J connectivity index is 3.75. The maximum Gasteiger partial charge on any atom is 0.296 e. The highest BCUT2D eigenvalue weighted by Crippen LogP contribution is 2.29. The smallest absolute Gasteiger partial charge is 0.296 e. The molecule has 1 aromatic rings. The van der Waals surface area contributed by atoms with E-state index in [1.165, 1.54) is 0 Å². The molecule has 0 heterocycles. The highest BCUT2D eigenvalue weighted by molar-refractivity contribution is 7.89. The summed E-state index contributed by atoms with van der Waals surface area (Å²) in [5, 5.41) is 0. The summed E-state index contributed by atoms with van der Waals surface area (Å²) in [6, 6.07) is 2.84. The number of carbonyl (C=O) groups is 1. The summed E-state index contributed by atoms with van der Waals surface area (Å²) < 4.78 is 67.4. The Labute approximate surface area is 114 Å². The number of hydrazine groups is 1. The minimum absolute atomic E-state index is 0.0710. The number of nitrogens with two attached hydrogens (primary N) is 1. The van der Waals surface area contributed by atoms with Gasteiger partial charge < -0.3 is 4.74 Å². The molecule has 5 N–H and O–H groups in total. The molecule has 10 nitrogen and oxygen atoms in total. The average molecular weight is 326 g/mol. The normalized spacial score (nSPS) is 13.8. The van der Waals surface area contributed by atoms with Crippen molar-refractivity contribution < 1.29 is 35.5 Å². The second kappa shape index (κ2) is 5.82. The predicted molar refractivity (Wildman–Crippen MR) is 63.3 cm³/mol. The minimum Gasteiger partial charge on any atom is -0.443 e. The Kier molecular flexibility index (Phi) is 4.80. The Bertz CT molecular complexity index is 712. The fourth-order valence-electron chi connectivity index (χ4n) is 1.48. The molecule has 0 spiro atoms. The largest absolute Gasteiger partial charge is 0.443 e. The predicted octanol–water partition coefficient (Wildman–Crippen LogP) is -1.19. The first kappa shape index (κ1) is 16.5. The van der Waals surface area contributed by atoms with Gasteiger partial charge in [-0.15, -0.1) is 0 Å². The standard InChI is InChI=1S/C8H10N2O8S2/c9-10-8(18-4-11)5-2-1-3-6(19(12,13)14)7(5)20(15,16)17/h1-4,8,10H,9H2,(H,12,13,14)(H,15,16,17). The van der Waals surface area contributed by atoms with Gasteiger partial charge in [-0.05, 0) is 6.07 Å². The first-order chi connectivity index (χ1) is 9.12. The van der Waals surface area contributed by atoms with Crippen molar-refractivity contribution >= 4 is 26.7 Å². The van der Waals surface area contributed by atoms with Crippen LogP contribution in [0.25, 0.3) is 0 Å². The van der Waals surface area contributed by atoms with Gasteiger partial charge in [0.2, 0.25) is 0 Å². The maximum absolute atomic E-state index is 11.3. The fourth-order valence-corrected chi connectivity index (χ4v) is 3.51. The van der Waals surface area contributed by atoms with Crippen molar-refractivity contribution in [2.45, 2.75) is 16.0 Å². The third-order valence-electron chi connectivity index (χ3n) is 2.17. The molecule has 1 atom stereocenters. The molecule has 112 valence electrons. The monoisotopic (exact) mass is 326 g/mol. The van der Waals surface area contributed by atoms with E-state index < -0.39 is 41.8 Å². The van der Waals surface area contributed by atoms with E-state index in [-0.39, 0.29) is 6.47 Å². The first-order valence-corrected chi connectivity index (χ1v) is 7.64. The molecule has 0 saturated heterocycles. The Morgan fingerprint density at radius 1 is 1.20 bits per heavy atom. The molecule has 0 fully saturated rings. The third kappa shape index (κ3) is 3.50. The van der Waals surface area contributed by atoms with Crippen molar-refractivity contribution in [1.82, 2.24) is 5.43 Å². The molecule has 12 heteroatoms. The van der Waals surface area contributed by atoms with E-state index >= 15 is 0 Å². The molecule has 1 unspecified atom stereocenters. The number of rotatable bonds is 6. The van der Waals surface area contributed by atoms with Gasteiger partial charge in [0.1, 0.15) is 9.79 Å². The van der Waals surface area contributed by atoms with Gasteiger partial charge in [0, 0.05) is 5.56 Å². The number of benzene rings is 1. The van der Waals surface area contributed by atoms with Crippen LogP contribution in [-0.4, -0.2) is 32.4 Å². The molecule has 0 aliphatic rings. The second-order valence-corrected chi connectivity index (χ2v) is 6.15. The van der Waals surface area contributed by atoms with Crippen LogP contribution in [0.5, 0.6) is 0 Å². The Morgan fingerprint density at radius 2 is 1.80 bits per heavy atom. The molecule has 0 aliphatic carbocycles. The van der Waals surface area contributed by atoms with Crippen molar-refractivity contribution in [1.29, 1.82) is 0 Å². The first-order valence-electron chi connectivity index (χ1n) is 4.76. The highest BCUT2D eigenvalue weighted by Gasteiger charge is 2.30. The summed E-state index contributed by atoms with van der Waals surface area (Å²) in [5.74, 6) is 5.04. The van der Waals surface area contributed by atoms with Gasteiger partial charge in [0.15, 0.2) is 6.23 Å². The van der Waals surface area contributed by atoms with Gasteiger partial charge in [0.25, 0.3) is 26.7 Å². The molecule has 1 rings (SSSR count). The fraction of sp³-hybridized carbons (Fsp3) is 0.125.